The third-order valence-corrected chi connectivity index (χ3v) is 5.18. The van der Waals surface area contributed by atoms with E-state index in [1.807, 2.05) is 36.4 Å². The second kappa shape index (κ2) is 8.49. The first-order valence-electron chi connectivity index (χ1n) is 9.53. The summed E-state index contributed by atoms with van der Waals surface area (Å²) in [7, 11) is 0. The first-order chi connectivity index (χ1) is 14.1. The zero-order chi connectivity index (χ0) is 20.2. The number of halogens is 1. The van der Waals surface area contributed by atoms with Crippen LogP contribution in [0.1, 0.15) is 22.5 Å². The predicted octanol–water partition coefficient (Wildman–Crippen LogP) is 3.35. The number of nitrogens with one attached hydrogen (secondary N) is 2. The maximum Gasteiger partial charge on any atom is 0.268 e. The second-order valence-electron chi connectivity index (χ2n) is 7.04. The minimum absolute atomic E-state index is 0.0765. The lowest BCUT2D eigenvalue weighted by Crippen LogP contribution is -2.50. The molecule has 0 fully saturated rings. The molecule has 0 radical (unpaired) electrons. The molecule has 0 unspecified atom stereocenters. The van der Waals surface area contributed by atoms with Crippen LogP contribution >= 0.6 is 11.6 Å². The molecule has 0 bridgehead atoms. The summed E-state index contributed by atoms with van der Waals surface area (Å²) in [6, 6.07) is 12.5. The molecule has 29 heavy (non-hydrogen) atoms. The number of aromatic amines is 1. The first-order valence-corrected chi connectivity index (χ1v) is 9.91. The normalized spacial score (nSPS) is 14.7. The first kappa shape index (κ1) is 19.2. The van der Waals surface area contributed by atoms with Crippen molar-refractivity contribution in [1.82, 2.24) is 20.2 Å². The second-order valence-corrected chi connectivity index (χ2v) is 7.42. The highest BCUT2D eigenvalue weighted by molar-refractivity contribution is 6.30. The van der Waals surface area contributed by atoms with Gasteiger partial charge in [0, 0.05) is 24.9 Å². The number of H-pyrrole nitrogens is 1. The molecule has 0 saturated heterocycles. The van der Waals surface area contributed by atoms with Gasteiger partial charge in [-0.3, -0.25) is 9.59 Å². The number of hydrogen-bond acceptors (Lipinski definition) is 3. The van der Waals surface area contributed by atoms with Gasteiger partial charge in [-0.25, -0.2) is 4.98 Å². The number of rotatable bonds is 5. The molecule has 148 valence electrons. The summed E-state index contributed by atoms with van der Waals surface area (Å²) in [5, 5.41) is 4.07. The Morgan fingerprint density at radius 3 is 2.79 bits per heavy atom. The van der Waals surface area contributed by atoms with E-state index in [9.17, 15) is 9.59 Å². The van der Waals surface area contributed by atoms with Crippen molar-refractivity contribution in [3.05, 3.63) is 77.2 Å². The molecular formula is C22H21ClN4O2. The molecule has 1 aliphatic rings. The van der Waals surface area contributed by atoms with Crippen LogP contribution in [0.15, 0.2) is 60.8 Å². The molecular weight excluding hydrogens is 388 g/mol. The lowest BCUT2D eigenvalue weighted by molar-refractivity contribution is -0.132. The number of carbonyl (C=O) groups excluding carboxylic acids is 2. The SMILES string of the molecule is O=C(N[C@@H](Cc1ccccc1)C(=O)N1CC=CCC1)c1cc2cc(Cl)ncc2[nH]1. The molecule has 2 amide bonds. The molecule has 7 heteroatoms. The van der Waals surface area contributed by atoms with Crippen molar-refractivity contribution < 1.29 is 9.59 Å². The Balaban J connectivity index is 1.56. The van der Waals surface area contributed by atoms with Gasteiger partial charge in [0.25, 0.3) is 5.91 Å². The van der Waals surface area contributed by atoms with Crippen LogP contribution < -0.4 is 5.32 Å². The lowest BCUT2D eigenvalue weighted by atomic mass is 10.0. The highest BCUT2D eigenvalue weighted by Crippen LogP contribution is 2.18. The number of nitrogens with zero attached hydrogens (tertiary/aromatic N) is 2. The summed E-state index contributed by atoms with van der Waals surface area (Å²) in [6.45, 7) is 1.23. The van der Waals surface area contributed by atoms with Crippen molar-refractivity contribution in [3.63, 3.8) is 0 Å². The molecule has 1 aliphatic heterocycles. The predicted molar refractivity (Wildman–Crippen MR) is 113 cm³/mol. The van der Waals surface area contributed by atoms with Crippen molar-refractivity contribution in [2.75, 3.05) is 13.1 Å². The van der Waals surface area contributed by atoms with Crippen molar-refractivity contribution in [2.45, 2.75) is 18.9 Å². The molecule has 0 spiro atoms. The largest absolute Gasteiger partial charge is 0.349 e. The maximum absolute atomic E-state index is 13.1. The van der Waals surface area contributed by atoms with Gasteiger partial charge in [0.05, 0.1) is 11.7 Å². The number of benzene rings is 1. The fourth-order valence-corrected chi connectivity index (χ4v) is 3.64. The fourth-order valence-electron chi connectivity index (χ4n) is 3.47. The standard InChI is InChI=1S/C22H21ClN4O2/c23-20-13-16-12-17(25-19(16)14-24-20)21(28)26-18(11-15-7-3-1-4-8-15)22(29)27-9-5-2-6-10-27/h1-5,7-8,12-14,18,25H,6,9-11H2,(H,26,28)/t18-/m0/s1. The van der Waals surface area contributed by atoms with Crippen LogP contribution in [0.5, 0.6) is 0 Å². The van der Waals surface area contributed by atoms with Gasteiger partial charge in [0.2, 0.25) is 5.91 Å². The van der Waals surface area contributed by atoms with Gasteiger partial charge >= 0.3 is 0 Å². The Bertz CT molecular complexity index is 1060. The molecule has 6 nitrogen and oxygen atoms in total. The van der Waals surface area contributed by atoms with Crippen LogP contribution in [0.25, 0.3) is 10.9 Å². The smallest absolute Gasteiger partial charge is 0.268 e. The fraction of sp³-hybridized carbons (Fsp3) is 0.227. The van der Waals surface area contributed by atoms with E-state index in [2.05, 4.69) is 21.4 Å². The van der Waals surface area contributed by atoms with E-state index in [1.54, 1.807) is 23.2 Å². The quantitative estimate of drug-likeness (QED) is 0.502. The average molecular weight is 409 g/mol. The van der Waals surface area contributed by atoms with E-state index in [0.29, 0.717) is 35.9 Å². The third-order valence-electron chi connectivity index (χ3n) is 4.97. The molecule has 3 heterocycles. The molecule has 0 aliphatic carbocycles. The van der Waals surface area contributed by atoms with E-state index >= 15 is 0 Å². The van der Waals surface area contributed by atoms with Crippen LogP contribution in [-0.2, 0) is 11.2 Å². The van der Waals surface area contributed by atoms with Crippen LogP contribution in [0.2, 0.25) is 5.15 Å². The Hall–Kier alpha value is -3.12. The Labute approximate surface area is 173 Å². The summed E-state index contributed by atoms with van der Waals surface area (Å²) < 4.78 is 0. The van der Waals surface area contributed by atoms with Gasteiger partial charge in [0.1, 0.15) is 16.9 Å². The van der Waals surface area contributed by atoms with Crippen molar-refractivity contribution in [3.8, 4) is 0 Å². The monoisotopic (exact) mass is 408 g/mol. The van der Waals surface area contributed by atoms with E-state index < -0.39 is 6.04 Å². The van der Waals surface area contributed by atoms with Crippen LogP contribution in [0, 0.1) is 0 Å². The van der Waals surface area contributed by atoms with Crippen molar-refractivity contribution in [2.24, 2.45) is 0 Å². The number of aromatic nitrogens is 2. The zero-order valence-electron chi connectivity index (χ0n) is 15.8. The van der Waals surface area contributed by atoms with E-state index in [-0.39, 0.29) is 11.8 Å². The Morgan fingerprint density at radius 2 is 2.03 bits per heavy atom. The number of amides is 2. The van der Waals surface area contributed by atoms with Crippen LogP contribution in [-0.4, -0.2) is 45.8 Å². The Kier molecular flexibility index (Phi) is 5.62. The number of hydrogen-bond donors (Lipinski definition) is 2. The summed E-state index contributed by atoms with van der Waals surface area (Å²) in [6.07, 6.45) is 6.89. The van der Waals surface area contributed by atoms with Crippen molar-refractivity contribution >= 4 is 34.3 Å². The highest BCUT2D eigenvalue weighted by Gasteiger charge is 2.27. The van der Waals surface area contributed by atoms with Gasteiger partial charge in [-0.1, -0.05) is 54.1 Å². The molecule has 2 aromatic heterocycles. The minimum atomic E-state index is -0.649. The van der Waals surface area contributed by atoms with Gasteiger partial charge in [0.15, 0.2) is 0 Å². The zero-order valence-corrected chi connectivity index (χ0v) is 16.5. The topological polar surface area (TPSA) is 78.1 Å². The van der Waals surface area contributed by atoms with Crippen LogP contribution in [0.3, 0.4) is 0 Å². The highest BCUT2D eigenvalue weighted by atomic mass is 35.5. The number of fused-ring (bicyclic) bond motifs is 1. The lowest BCUT2D eigenvalue weighted by Gasteiger charge is -2.28. The average Bonchev–Trinajstić information content (AvgIpc) is 3.17. The van der Waals surface area contributed by atoms with E-state index in [1.165, 1.54) is 0 Å². The summed E-state index contributed by atoms with van der Waals surface area (Å²) in [4.78, 5) is 34.9. The molecule has 2 N–H and O–H groups in total. The summed E-state index contributed by atoms with van der Waals surface area (Å²) in [5.74, 6) is -0.411. The molecule has 1 atom stereocenters. The van der Waals surface area contributed by atoms with Gasteiger partial charge in [-0.05, 0) is 24.1 Å². The molecule has 0 saturated carbocycles. The number of carbonyl (C=O) groups is 2. The molecule has 4 rings (SSSR count). The maximum atomic E-state index is 13.1. The van der Waals surface area contributed by atoms with Gasteiger partial charge in [-0.2, -0.15) is 0 Å². The minimum Gasteiger partial charge on any atom is -0.349 e. The number of pyridine rings is 1. The van der Waals surface area contributed by atoms with Gasteiger partial charge in [-0.15, -0.1) is 0 Å². The molecule has 3 aromatic rings. The van der Waals surface area contributed by atoms with Gasteiger partial charge < -0.3 is 15.2 Å². The van der Waals surface area contributed by atoms with Crippen molar-refractivity contribution in [1.29, 1.82) is 0 Å². The third kappa shape index (κ3) is 4.49. The van der Waals surface area contributed by atoms with Crippen LogP contribution in [0.4, 0.5) is 0 Å². The van der Waals surface area contributed by atoms with E-state index in [4.69, 9.17) is 11.6 Å². The Morgan fingerprint density at radius 1 is 1.21 bits per heavy atom. The summed E-state index contributed by atoms with van der Waals surface area (Å²) >= 11 is 5.93. The molecule has 1 aromatic carbocycles. The van der Waals surface area contributed by atoms with E-state index in [0.717, 1.165) is 17.4 Å². The summed E-state index contributed by atoms with van der Waals surface area (Å²) in [5.41, 5.74) is 2.08.